The maximum atomic E-state index is 11.0. The number of hydrogen-bond acceptors (Lipinski definition) is 2. The number of carbonyl (C=O) groups is 2. The molecule has 1 amide bonds. The zero-order chi connectivity index (χ0) is 8.85. The van der Waals surface area contributed by atoms with Crippen LogP contribution in [0.1, 0.15) is 19.8 Å². The Labute approximate surface area is 66.5 Å². The highest BCUT2D eigenvalue weighted by atomic mass is 16.2. The number of amides is 1. The molecule has 0 aromatic heterocycles. The van der Waals surface area contributed by atoms with Crippen LogP contribution in [0.4, 0.5) is 0 Å². The van der Waals surface area contributed by atoms with Gasteiger partial charge < -0.3 is 5.32 Å². The summed E-state index contributed by atoms with van der Waals surface area (Å²) in [7, 11) is 1.48. The van der Waals surface area contributed by atoms with Crippen LogP contribution in [0.5, 0.6) is 0 Å². The Morgan fingerprint density at radius 2 is 2.00 bits per heavy atom. The third-order valence-electron chi connectivity index (χ3n) is 1.31. The van der Waals surface area contributed by atoms with Crippen LogP contribution in [0.2, 0.25) is 0 Å². The molecule has 3 nitrogen and oxygen atoms in total. The Kier molecular flexibility index (Phi) is 4.18. The predicted molar refractivity (Wildman–Crippen MR) is 43.1 cm³/mol. The van der Waals surface area contributed by atoms with Crippen LogP contribution in [0, 0.1) is 0 Å². The smallest absolute Gasteiger partial charge is 0.254 e. The van der Waals surface area contributed by atoms with Gasteiger partial charge in [0, 0.05) is 13.5 Å². The fourth-order valence-corrected chi connectivity index (χ4v) is 0.655. The molecule has 0 aliphatic heterocycles. The van der Waals surface area contributed by atoms with Gasteiger partial charge in [0.1, 0.15) is 0 Å². The second-order valence-corrected chi connectivity index (χ2v) is 2.23. The van der Waals surface area contributed by atoms with Crippen LogP contribution >= 0.6 is 0 Å². The summed E-state index contributed by atoms with van der Waals surface area (Å²) in [6, 6.07) is 0. The van der Waals surface area contributed by atoms with Gasteiger partial charge in [-0.1, -0.05) is 13.5 Å². The average Bonchev–Trinajstić information content (AvgIpc) is 2.02. The molecular formula is C8H13NO2. The van der Waals surface area contributed by atoms with Gasteiger partial charge in [0.15, 0.2) is 5.78 Å². The van der Waals surface area contributed by atoms with E-state index in [1.165, 1.54) is 7.05 Å². The van der Waals surface area contributed by atoms with E-state index in [2.05, 4.69) is 11.9 Å². The molecule has 0 fully saturated rings. The molecule has 0 aliphatic rings. The van der Waals surface area contributed by atoms with Crippen LogP contribution in [0.3, 0.4) is 0 Å². The predicted octanol–water partition coefficient (Wildman–Crippen LogP) is 0.658. The van der Waals surface area contributed by atoms with E-state index < -0.39 is 0 Å². The van der Waals surface area contributed by atoms with Crippen molar-refractivity contribution in [1.29, 1.82) is 0 Å². The first-order valence-electron chi connectivity index (χ1n) is 3.57. The SMILES string of the molecule is C=C(C(=O)CCC)C(=O)NC. The Hall–Kier alpha value is -1.12. The molecule has 0 aromatic carbocycles. The molecule has 0 aromatic rings. The Morgan fingerprint density at radius 3 is 2.36 bits per heavy atom. The molecule has 0 unspecified atom stereocenters. The van der Waals surface area contributed by atoms with Crippen LogP contribution in [-0.2, 0) is 9.59 Å². The quantitative estimate of drug-likeness (QED) is 0.368. The molecule has 11 heavy (non-hydrogen) atoms. The van der Waals surface area contributed by atoms with E-state index in [1.807, 2.05) is 6.92 Å². The van der Waals surface area contributed by atoms with E-state index in [9.17, 15) is 9.59 Å². The lowest BCUT2D eigenvalue weighted by molar-refractivity contribution is -0.122. The molecule has 0 spiro atoms. The Bertz CT molecular complexity index is 185. The first-order valence-corrected chi connectivity index (χ1v) is 3.57. The molecule has 0 rings (SSSR count). The van der Waals surface area contributed by atoms with Gasteiger partial charge in [-0.25, -0.2) is 0 Å². The summed E-state index contributed by atoms with van der Waals surface area (Å²) in [5, 5.41) is 2.34. The second kappa shape index (κ2) is 4.66. The van der Waals surface area contributed by atoms with Crippen molar-refractivity contribution >= 4 is 11.7 Å². The van der Waals surface area contributed by atoms with E-state index in [4.69, 9.17) is 0 Å². The summed E-state index contributed by atoms with van der Waals surface area (Å²) < 4.78 is 0. The summed E-state index contributed by atoms with van der Waals surface area (Å²) in [6.45, 7) is 5.27. The summed E-state index contributed by atoms with van der Waals surface area (Å²) in [6.07, 6.45) is 1.14. The lowest BCUT2D eigenvalue weighted by atomic mass is 10.1. The standard InChI is InChI=1S/C8H13NO2/c1-4-5-7(10)6(2)8(11)9-3/h2,4-5H2,1,3H3,(H,9,11). The minimum Gasteiger partial charge on any atom is -0.355 e. The molecule has 3 heteroatoms. The van der Waals surface area contributed by atoms with Gasteiger partial charge in [-0.15, -0.1) is 0 Å². The van der Waals surface area contributed by atoms with Crippen LogP contribution < -0.4 is 5.32 Å². The maximum Gasteiger partial charge on any atom is 0.254 e. The summed E-state index contributed by atoms with van der Waals surface area (Å²) in [5.74, 6) is -0.560. The number of carbonyl (C=O) groups excluding carboxylic acids is 2. The van der Waals surface area contributed by atoms with Gasteiger partial charge in [0.25, 0.3) is 5.91 Å². The average molecular weight is 155 g/mol. The molecule has 0 bridgehead atoms. The monoisotopic (exact) mass is 155 g/mol. The highest BCUT2D eigenvalue weighted by Crippen LogP contribution is 1.99. The van der Waals surface area contributed by atoms with E-state index in [-0.39, 0.29) is 17.3 Å². The highest BCUT2D eigenvalue weighted by Gasteiger charge is 2.11. The number of Topliss-reactive ketones (excluding diaryl/α,β-unsaturated/α-hetero) is 1. The number of hydrogen-bond donors (Lipinski definition) is 1. The molecule has 0 saturated carbocycles. The first kappa shape index (κ1) is 9.88. The minimum absolute atomic E-state index is 0.0503. The molecule has 0 radical (unpaired) electrons. The van der Waals surface area contributed by atoms with Gasteiger partial charge in [-0.05, 0) is 6.42 Å². The van der Waals surface area contributed by atoms with Gasteiger partial charge in [-0.3, -0.25) is 9.59 Å². The van der Waals surface area contributed by atoms with Gasteiger partial charge >= 0.3 is 0 Å². The van der Waals surface area contributed by atoms with E-state index >= 15 is 0 Å². The summed E-state index contributed by atoms with van der Waals surface area (Å²) >= 11 is 0. The molecule has 62 valence electrons. The van der Waals surface area contributed by atoms with E-state index in [0.717, 1.165) is 6.42 Å². The fraction of sp³-hybridized carbons (Fsp3) is 0.500. The van der Waals surface area contributed by atoms with Crippen molar-refractivity contribution in [2.75, 3.05) is 7.05 Å². The zero-order valence-electron chi connectivity index (χ0n) is 6.94. The van der Waals surface area contributed by atoms with Crippen molar-refractivity contribution in [2.24, 2.45) is 0 Å². The van der Waals surface area contributed by atoms with E-state index in [1.54, 1.807) is 0 Å². The largest absolute Gasteiger partial charge is 0.355 e. The third-order valence-corrected chi connectivity index (χ3v) is 1.31. The first-order chi connectivity index (χ1) is 5.13. The fourth-order valence-electron chi connectivity index (χ4n) is 0.655. The van der Waals surface area contributed by atoms with Crippen LogP contribution in [0.15, 0.2) is 12.2 Å². The normalized spacial score (nSPS) is 8.91. The zero-order valence-corrected chi connectivity index (χ0v) is 6.94. The number of likely N-dealkylation sites (N-methyl/N-ethyl adjacent to an activating group) is 1. The van der Waals surface area contributed by atoms with Crippen molar-refractivity contribution in [1.82, 2.24) is 5.32 Å². The van der Waals surface area contributed by atoms with Crippen molar-refractivity contribution < 1.29 is 9.59 Å². The number of rotatable bonds is 4. The third kappa shape index (κ3) is 2.98. The van der Waals surface area contributed by atoms with Crippen molar-refractivity contribution in [3.63, 3.8) is 0 Å². The number of nitrogens with one attached hydrogen (secondary N) is 1. The van der Waals surface area contributed by atoms with Gasteiger partial charge in [-0.2, -0.15) is 0 Å². The summed E-state index contributed by atoms with van der Waals surface area (Å²) in [4.78, 5) is 21.8. The Balaban J connectivity index is 4.03. The molecular weight excluding hydrogens is 142 g/mol. The van der Waals surface area contributed by atoms with Gasteiger partial charge in [0.05, 0.1) is 5.57 Å². The lowest BCUT2D eigenvalue weighted by Gasteiger charge is -2.00. The van der Waals surface area contributed by atoms with Crippen molar-refractivity contribution in [3.8, 4) is 0 Å². The van der Waals surface area contributed by atoms with Gasteiger partial charge in [0.2, 0.25) is 0 Å². The Morgan fingerprint density at radius 1 is 1.45 bits per heavy atom. The minimum atomic E-state index is -0.386. The van der Waals surface area contributed by atoms with E-state index in [0.29, 0.717) is 6.42 Å². The second-order valence-electron chi connectivity index (χ2n) is 2.23. The summed E-state index contributed by atoms with van der Waals surface area (Å²) in [5.41, 5.74) is 0.0503. The molecule has 0 saturated heterocycles. The molecule has 0 aliphatic carbocycles. The molecule has 0 heterocycles. The topological polar surface area (TPSA) is 46.2 Å². The van der Waals surface area contributed by atoms with Crippen molar-refractivity contribution in [2.45, 2.75) is 19.8 Å². The molecule has 1 N–H and O–H groups in total. The van der Waals surface area contributed by atoms with Crippen molar-refractivity contribution in [3.05, 3.63) is 12.2 Å². The maximum absolute atomic E-state index is 11.0. The lowest BCUT2D eigenvalue weighted by Crippen LogP contribution is -2.23. The van der Waals surface area contributed by atoms with Crippen LogP contribution in [-0.4, -0.2) is 18.7 Å². The highest BCUT2D eigenvalue weighted by molar-refractivity contribution is 6.18. The number of ketones is 1. The van der Waals surface area contributed by atoms with Crippen LogP contribution in [0.25, 0.3) is 0 Å². The molecule has 0 atom stereocenters.